The number of likely N-dealkylation sites (N-methyl/N-ethyl adjacent to an activating group) is 1. The van der Waals surface area contributed by atoms with Crippen LogP contribution in [0.15, 0.2) is 54.6 Å². The molecule has 0 saturated carbocycles. The summed E-state index contributed by atoms with van der Waals surface area (Å²) in [7, 11) is 1.57. The van der Waals surface area contributed by atoms with Gasteiger partial charge in [-0.1, -0.05) is 54.1 Å². The van der Waals surface area contributed by atoms with Crippen LogP contribution in [-0.4, -0.2) is 29.8 Å². The maximum Gasteiger partial charge on any atom is 0.242 e. The summed E-state index contributed by atoms with van der Waals surface area (Å²) >= 11 is 6.02. The number of rotatable bonds is 6. The van der Waals surface area contributed by atoms with Crippen LogP contribution in [0.25, 0.3) is 0 Å². The van der Waals surface area contributed by atoms with Gasteiger partial charge in [-0.25, -0.2) is 0 Å². The predicted molar refractivity (Wildman–Crippen MR) is 95.7 cm³/mol. The molecule has 2 aromatic rings. The van der Waals surface area contributed by atoms with Gasteiger partial charge in [0.05, 0.1) is 6.42 Å². The normalized spacial score (nSPS) is 11.6. The summed E-state index contributed by atoms with van der Waals surface area (Å²) in [5.74, 6) is -0.296. The number of nitrogens with one attached hydrogen (secondary N) is 1. The smallest absolute Gasteiger partial charge is 0.242 e. The molecule has 1 N–H and O–H groups in total. The summed E-state index contributed by atoms with van der Waals surface area (Å²) in [6.07, 6.45) is 0.253. The molecule has 2 amide bonds. The quantitative estimate of drug-likeness (QED) is 0.875. The van der Waals surface area contributed by atoms with E-state index in [1.807, 2.05) is 42.5 Å². The number of carbonyl (C=O) groups is 2. The van der Waals surface area contributed by atoms with Crippen LogP contribution in [-0.2, 0) is 22.6 Å². The minimum absolute atomic E-state index is 0.0997. The number of amides is 2. The van der Waals surface area contributed by atoms with E-state index < -0.39 is 6.04 Å². The Morgan fingerprint density at radius 3 is 2.38 bits per heavy atom. The van der Waals surface area contributed by atoms with E-state index in [4.69, 9.17) is 11.6 Å². The third-order valence-electron chi connectivity index (χ3n) is 3.85. The number of benzene rings is 2. The first-order chi connectivity index (χ1) is 11.5. The number of nitrogens with zero attached hydrogens (tertiary/aromatic N) is 1. The van der Waals surface area contributed by atoms with Gasteiger partial charge in [0.15, 0.2) is 0 Å². The zero-order valence-electron chi connectivity index (χ0n) is 13.8. The molecule has 126 valence electrons. The second-order valence-corrected chi connectivity index (χ2v) is 6.04. The van der Waals surface area contributed by atoms with Crippen molar-refractivity contribution in [3.63, 3.8) is 0 Å². The lowest BCUT2D eigenvalue weighted by atomic mass is 10.1. The second kappa shape index (κ2) is 8.50. The van der Waals surface area contributed by atoms with Gasteiger partial charge >= 0.3 is 0 Å². The van der Waals surface area contributed by atoms with Crippen LogP contribution in [0.3, 0.4) is 0 Å². The Hall–Kier alpha value is -2.33. The second-order valence-electron chi connectivity index (χ2n) is 5.60. The Labute approximate surface area is 147 Å². The lowest BCUT2D eigenvalue weighted by molar-refractivity contribution is -0.139. The molecule has 0 radical (unpaired) electrons. The number of hydrogen-bond donors (Lipinski definition) is 1. The molecule has 0 aliphatic heterocycles. The van der Waals surface area contributed by atoms with Crippen molar-refractivity contribution in [1.29, 1.82) is 0 Å². The first-order valence-electron chi connectivity index (χ1n) is 7.80. The largest absolute Gasteiger partial charge is 0.357 e. The topological polar surface area (TPSA) is 49.4 Å². The van der Waals surface area contributed by atoms with Crippen molar-refractivity contribution in [1.82, 2.24) is 10.2 Å². The summed E-state index contributed by atoms with van der Waals surface area (Å²) < 4.78 is 0. The molecule has 24 heavy (non-hydrogen) atoms. The highest BCUT2D eigenvalue weighted by atomic mass is 35.5. The molecule has 0 unspecified atom stereocenters. The van der Waals surface area contributed by atoms with Crippen LogP contribution in [0.5, 0.6) is 0 Å². The van der Waals surface area contributed by atoms with E-state index in [-0.39, 0.29) is 18.2 Å². The van der Waals surface area contributed by atoms with Crippen LogP contribution >= 0.6 is 11.6 Å². The van der Waals surface area contributed by atoms with Crippen molar-refractivity contribution in [3.8, 4) is 0 Å². The molecule has 0 heterocycles. The first kappa shape index (κ1) is 18.0. The SMILES string of the molecule is CNC(=O)[C@H](C)N(Cc1cccc(Cl)c1)C(=O)Cc1ccccc1. The van der Waals surface area contributed by atoms with E-state index in [0.29, 0.717) is 11.6 Å². The van der Waals surface area contributed by atoms with Crippen LogP contribution in [0, 0.1) is 0 Å². The highest BCUT2D eigenvalue weighted by Crippen LogP contribution is 2.16. The molecule has 0 aliphatic rings. The predicted octanol–water partition coefficient (Wildman–Crippen LogP) is 3.05. The third kappa shape index (κ3) is 4.83. The van der Waals surface area contributed by atoms with E-state index >= 15 is 0 Å². The summed E-state index contributed by atoms with van der Waals surface area (Å²) in [5, 5.41) is 3.21. The van der Waals surface area contributed by atoms with E-state index in [1.165, 1.54) is 0 Å². The van der Waals surface area contributed by atoms with E-state index in [1.54, 1.807) is 31.0 Å². The van der Waals surface area contributed by atoms with Gasteiger partial charge in [-0.15, -0.1) is 0 Å². The average molecular weight is 345 g/mol. The highest BCUT2D eigenvalue weighted by Gasteiger charge is 2.25. The van der Waals surface area contributed by atoms with Gasteiger partial charge in [0.2, 0.25) is 11.8 Å². The fourth-order valence-electron chi connectivity index (χ4n) is 2.50. The van der Waals surface area contributed by atoms with Crippen molar-refractivity contribution in [2.75, 3.05) is 7.05 Å². The lowest BCUT2D eigenvalue weighted by Gasteiger charge is -2.28. The van der Waals surface area contributed by atoms with Gasteiger partial charge in [0, 0.05) is 18.6 Å². The molecule has 2 rings (SSSR count). The molecule has 0 saturated heterocycles. The van der Waals surface area contributed by atoms with Crippen LogP contribution in [0.2, 0.25) is 5.02 Å². The zero-order valence-corrected chi connectivity index (χ0v) is 14.6. The summed E-state index contributed by atoms with van der Waals surface area (Å²) in [4.78, 5) is 26.4. The number of halogens is 1. The lowest BCUT2D eigenvalue weighted by Crippen LogP contribution is -2.47. The molecule has 0 bridgehead atoms. The van der Waals surface area contributed by atoms with Gasteiger partial charge in [0.25, 0.3) is 0 Å². The highest BCUT2D eigenvalue weighted by molar-refractivity contribution is 6.30. The summed E-state index contributed by atoms with van der Waals surface area (Å²) in [6.45, 7) is 2.06. The number of hydrogen-bond acceptors (Lipinski definition) is 2. The molecule has 0 fully saturated rings. The summed E-state index contributed by atoms with van der Waals surface area (Å²) in [6, 6.07) is 16.3. The van der Waals surface area contributed by atoms with Gasteiger partial charge in [-0.05, 0) is 30.2 Å². The van der Waals surface area contributed by atoms with Crippen molar-refractivity contribution in [2.24, 2.45) is 0 Å². The van der Waals surface area contributed by atoms with Crippen LogP contribution in [0.4, 0.5) is 0 Å². The molecule has 0 aliphatic carbocycles. The van der Waals surface area contributed by atoms with E-state index in [9.17, 15) is 9.59 Å². The average Bonchev–Trinajstić information content (AvgIpc) is 2.59. The van der Waals surface area contributed by atoms with Gasteiger partial charge in [-0.3, -0.25) is 9.59 Å². The van der Waals surface area contributed by atoms with E-state index in [2.05, 4.69) is 5.32 Å². The molecular formula is C19H21ClN2O2. The first-order valence-corrected chi connectivity index (χ1v) is 8.18. The Morgan fingerprint density at radius 1 is 1.08 bits per heavy atom. The molecular weight excluding hydrogens is 324 g/mol. The van der Waals surface area contributed by atoms with E-state index in [0.717, 1.165) is 11.1 Å². The molecule has 4 nitrogen and oxygen atoms in total. The zero-order chi connectivity index (χ0) is 17.5. The van der Waals surface area contributed by atoms with Gasteiger partial charge < -0.3 is 10.2 Å². The fourth-order valence-corrected chi connectivity index (χ4v) is 2.71. The van der Waals surface area contributed by atoms with Crippen molar-refractivity contribution in [2.45, 2.75) is 25.9 Å². The van der Waals surface area contributed by atoms with Gasteiger partial charge in [-0.2, -0.15) is 0 Å². The third-order valence-corrected chi connectivity index (χ3v) is 4.09. The maximum absolute atomic E-state index is 12.8. The molecule has 0 aromatic heterocycles. The Bertz CT molecular complexity index is 704. The fraction of sp³-hybridized carbons (Fsp3) is 0.263. The molecule has 0 spiro atoms. The molecule has 1 atom stereocenters. The Kier molecular flexibility index (Phi) is 6.38. The standard InChI is InChI=1S/C19H21ClN2O2/c1-14(19(24)21-2)22(13-16-9-6-10-17(20)11-16)18(23)12-15-7-4-3-5-8-15/h3-11,14H,12-13H2,1-2H3,(H,21,24)/t14-/m0/s1. The molecule has 2 aromatic carbocycles. The Morgan fingerprint density at radius 2 is 1.75 bits per heavy atom. The van der Waals surface area contributed by atoms with Crippen molar-refractivity contribution in [3.05, 3.63) is 70.7 Å². The maximum atomic E-state index is 12.8. The minimum Gasteiger partial charge on any atom is -0.357 e. The van der Waals surface area contributed by atoms with Crippen LogP contribution in [0.1, 0.15) is 18.1 Å². The minimum atomic E-state index is -0.565. The number of carbonyl (C=O) groups excluding carboxylic acids is 2. The monoisotopic (exact) mass is 344 g/mol. The van der Waals surface area contributed by atoms with Gasteiger partial charge in [0.1, 0.15) is 6.04 Å². The Balaban J connectivity index is 2.21. The van der Waals surface area contributed by atoms with Crippen molar-refractivity contribution >= 4 is 23.4 Å². The van der Waals surface area contributed by atoms with Crippen molar-refractivity contribution < 1.29 is 9.59 Å². The molecule has 5 heteroatoms. The van der Waals surface area contributed by atoms with Crippen LogP contribution < -0.4 is 5.32 Å². The summed E-state index contributed by atoms with van der Waals surface area (Å²) in [5.41, 5.74) is 1.81.